The Morgan fingerprint density at radius 3 is 2.48 bits per heavy atom. The van der Waals surface area contributed by atoms with Crippen molar-refractivity contribution in [2.75, 3.05) is 0 Å². The number of halogens is 4. The minimum atomic E-state index is -4.51. The van der Waals surface area contributed by atoms with Gasteiger partial charge in [-0.05, 0) is 37.3 Å². The molecule has 0 saturated carbocycles. The van der Waals surface area contributed by atoms with Gasteiger partial charge >= 0.3 is 12.1 Å². The fourth-order valence-corrected chi connectivity index (χ4v) is 2.38. The first-order valence-corrected chi connectivity index (χ1v) is 6.42. The summed E-state index contributed by atoms with van der Waals surface area (Å²) in [6.07, 6.45) is -4.51. The van der Waals surface area contributed by atoms with Crippen LogP contribution >= 0.6 is 11.6 Å². The summed E-state index contributed by atoms with van der Waals surface area (Å²) in [5, 5.41) is 9.01. The van der Waals surface area contributed by atoms with E-state index >= 15 is 0 Å². The molecule has 0 fully saturated rings. The number of hydrogen-bond donors (Lipinski definition) is 1. The van der Waals surface area contributed by atoms with Crippen molar-refractivity contribution >= 4 is 17.6 Å². The van der Waals surface area contributed by atoms with Gasteiger partial charge in [0.05, 0.1) is 5.56 Å². The van der Waals surface area contributed by atoms with E-state index in [9.17, 15) is 18.0 Å². The van der Waals surface area contributed by atoms with Crippen LogP contribution < -0.4 is 0 Å². The first-order valence-electron chi connectivity index (χ1n) is 6.05. The lowest BCUT2D eigenvalue weighted by molar-refractivity contribution is -0.137. The maximum Gasteiger partial charge on any atom is 0.416 e. The lowest BCUT2D eigenvalue weighted by atomic mass is 10.1. The molecule has 0 bridgehead atoms. The van der Waals surface area contributed by atoms with Gasteiger partial charge in [-0.1, -0.05) is 11.6 Å². The molecule has 1 aromatic heterocycles. The second-order valence-electron chi connectivity index (χ2n) is 4.38. The number of alkyl halides is 3. The molecular formula is C14H11ClF3NO2. The van der Waals surface area contributed by atoms with Crippen LogP contribution in [0.15, 0.2) is 30.3 Å². The number of carboxylic acid groups (broad SMARTS) is 1. The van der Waals surface area contributed by atoms with E-state index in [2.05, 4.69) is 0 Å². The second kappa shape index (κ2) is 5.44. The van der Waals surface area contributed by atoms with Gasteiger partial charge in [0, 0.05) is 22.8 Å². The van der Waals surface area contributed by atoms with E-state index in [1.165, 1.54) is 22.8 Å². The number of benzene rings is 1. The molecule has 0 aliphatic rings. The third-order valence-corrected chi connectivity index (χ3v) is 3.26. The van der Waals surface area contributed by atoms with E-state index in [-0.39, 0.29) is 16.3 Å². The SMILES string of the molecule is CCn1c(C(=O)O)ccc1-c1cc(Cl)cc(C(F)(F)F)c1. The first-order chi connectivity index (χ1) is 9.74. The molecule has 0 aliphatic heterocycles. The summed E-state index contributed by atoms with van der Waals surface area (Å²) in [5.74, 6) is -1.14. The van der Waals surface area contributed by atoms with Crippen molar-refractivity contribution in [3.05, 3.63) is 46.6 Å². The standard InChI is InChI=1S/C14H11ClF3NO2/c1-2-19-11(3-4-12(19)13(20)21)8-5-9(14(16,17)18)7-10(15)6-8/h3-7H,2H2,1H3,(H,20,21). The summed E-state index contributed by atoms with van der Waals surface area (Å²) >= 11 is 5.75. The number of aromatic nitrogens is 1. The van der Waals surface area contributed by atoms with Gasteiger partial charge in [-0.25, -0.2) is 4.79 Å². The Morgan fingerprint density at radius 2 is 1.95 bits per heavy atom. The van der Waals surface area contributed by atoms with Gasteiger partial charge in [0.15, 0.2) is 0 Å². The summed E-state index contributed by atoms with van der Waals surface area (Å²) in [6, 6.07) is 6.00. The van der Waals surface area contributed by atoms with Crippen LogP contribution in [0.5, 0.6) is 0 Å². The van der Waals surface area contributed by atoms with E-state index in [1.54, 1.807) is 6.92 Å². The highest BCUT2D eigenvalue weighted by Gasteiger charge is 2.31. The molecule has 0 aliphatic carbocycles. The predicted octanol–water partition coefficient (Wildman–Crippen LogP) is 4.55. The summed E-state index contributed by atoms with van der Waals surface area (Å²) in [7, 11) is 0. The Balaban J connectivity index is 2.62. The summed E-state index contributed by atoms with van der Waals surface area (Å²) in [4.78, 5) is 11.1. The summed E-state index contributed by atoms with van der Waals surface area (Å²) < 4.78 is 39.9. The lowest BCUT2D eigenvalue weighted by Crippen LogP contribution is -2.09. The van der Waals surface area contributed by atoms with E-state index in [0.29, 0.717) is 12.2 Å². The number of rotatable bonds is 3. The highest BCUT2D eigenvalue weighted by Crippen LogP contribution is 2.35. The van der Waals surface area contributed by atoms with E-state index < -0.39 is 17.7 Å². The number of carbonyl (C=O) groups is 1. The molecule has 2 aromatic rings. The number of carboxylic acids is 1. The molecule has 7 heteroatoms. The highest BCUT2D eigenvalue weighted by atomic mass is 35.5. The van der Waals surface area contributed by atoms with Gasteiger partial charge in [-0.15, -0.1) is 0 Å². The zero-order chi connectivity index (χ0) is 15.8. The van der Waals surface area contributed by atoms with Crippen molar-refractivity contribution in [1.29, 1.82) is 0 Å². The maximum absolute atomic E-state index is 12.8. The van der Waals surface area contributed by atoms with E-state index in [0.717, 1.165) is 12.1 Å². The average Bonchev–Trinajstić information content (AvgIpc) is 2.80. The highest BCUT2D eigenvalue weighted by molar-refractivity contribution is 6.31. The van der Waals surface area contributed by atoms with Crippen LogP contribution in [0.4, 0.5) is 13.2 Å². The molecule has 0 radical (unpaired) electrons. The predicted molar refractivity (Wildman–Crippen MR) is 72.5 cm³/mol. The molecule has 0 saturated heterocycles. The van der Waals surface area contributed by atoms with Gasteiger partial charge in [0.2, 0.25) is 0 Å². The maximum atomic E-state index is 12.8. The van der Waals surface area contributed by atoms with Crippen molar-refractivity contribution in [3.8, 4) is 11.3 Å². The molecule has 0 spiro atoms. The number of aromatic carboxylic acids is 1. The molecule has 0 unspecified atom stereocenters. The molecule has 0 atom stereocenters. The monoisotopic (exact) mass is 317 g/mol. The van der Waals surface area contributed by atoms with Gasteiger partial charge in [-0.2, -0.15) is 13.2 Å². The smallest absolute Gasteiger partial charge is 0.416 e. The van der Waals surface area contributed by atoms with E-state index in [1.807, 2.05) is 0 Å². The first kappa shape index (κ1) is 15.4. The zero-order valence-electron chi connectivity index (χ0n) is 10.9. The molecular weight excluding hydrogens is 307 g/mol. The van der Waals surface area contributed by atoms with Crippen LogP contribution in [0, 0.1) is 0 Å². The fourth-order valence-electron chi connectivity index (χ4n) is 2.15. The van der Waals surface area contributed by atoms with Crippen molar-refractivity contribution in [2.45, 2.75) is 19.6 Å². The fraction of sp³-hybridized carbons (Fsp3) is 0.214. The number of hydrogen-bond acceptors (Lipinski definition) is 1. The second-order valence-corrected chi connectivity index (χ2v) is 4.82. The third kappa shape index (κ3) is 3.05. The Kier molecular flexibility index (Phi) is 4.00. The van der Waals surface area contributed by atoms with Gasteiger partial charge < -0.3 is 9.67 Å². The normalized spacial score (nSPS) is 11.7. The molecule has 0 amide bonds. The zero-order valence-corrected chi connectivity index (χ0v) is 11.7. The van der Waals surface area contributed by atoms with Crippen LogP contribution in [-0.4, -0.2) is 15.6 Å². The molecule has 112 valence electrons. The van der Waals surface area contributed by atoms with Crippen LogP contribution in [0.1, 0.15) is 23.0 Å². The van der Waals surface area contributed by atoms with Crippen molar-refractivity contribution in [1.82, 2.24) is 4.57 Å². The topological polar surface area (TPSA) is 42.2 Å². The number of nitrogens with zero attached hydrogens (tertiary/aromatic N) is 1. The Bertz CT molecular complexity index is 692. The minimum Gasteiger partial charge on any atom is -0.477 e. The van der Waals surface area contributed by atoms with Crippen molar-refractivity contribution in [3.63, 3.8) is 0 Å². The molecule has 21 heavy (non-hydrogen) atoms. The van der Waals surface area contributed by atoms with Crippen LogP contribution in [0.2, 0.25) is 5.02 Å². The lowest BCUT2D eigenvalue weighted by Gasteiger charge is -2.12. The Hall–Kier alpha value is -1.95. The molecule has 3 nitrogen and oxygen atoms in total. The molecule has 1 N–H and O–H groups in total. The molecule has 2 rings (SSSR count). The quantitative estimate of drug-likeness (QED) is 0.902. The van der Waals surface area contributed by atoms with Crippen LogP contribution in [0.3, 0.4) is 0 Å². The van der Waals surface area contributed by atoms with Crippen molar-refractivity contribution < 1.29 is 23.1 Å². The van der Waals surface area contributed by atoms with Crippen LogP contribution in [0.25, 0.3) is 11.3 Å². The Morgan fingerprint density at radius 1 is 1.29 bits per heavy atom. The molecule has 1 heterocycles. The van der Waals surface area contributed by atoms with Gasteiger partial charge in [-0.3, -0.25) is 0 Å². The van der Waals surface area contributed by atoms with Gasteiger partial charge in [0.25, 0.3) is 0 Å². The third-order valence-electron chi connectivity index (χ3n) is 3.04. The van der Waals surface area contributed by atoms with E-state index in [4.69, 9.17) is 16.7 Å². The summed E-state index contributed by atoms with van der Waals surface area (Å²) in [5.41, 5.74) is -0.251. The van der Waals surface area contributed by atoms with Crippen LogP contribution in [-0.2, 0) is 12.7 Å². The minimum absolute atomic E-state index is 0.0148. The largest absolute Gasteiger partial charge is 0.477 e. The van der Waals surface area contributed by atoms with Gasteiger partial charge in [0.1, 0.15) is 5.69 Å². The average molecular weight is 318 g/mol. The summed E-state index contributed by atoms with van der Waals surface area (Å²) in [6.45, 7) is 2.03. The molecule has 1 aromatic carbocycles. The Labute approximate surface area is 123 Å². The van der Waals surface area contributed by atoms with Crippen molar-refractivity contribution in [2.24, 2.45) is 0 Å².